The van der Waals surface area contributed by atoms with E-state index in [9.17, 15) is 19.2 Å². The van der Waals surface area contributed by atoms with Crippen LogP contribution < -0.4 is 50.4 Å². The van der Waals surface area contributed by atoms with E-state index < -0.39 is 0 Å². The molecule has 0 aromatic heterocycles. The minimum absolute atomic E-state index is 0.0243. The number of hydrogen-bond donors (Lipinski definition) is 4. The van der Waals surface area contributed by atoms with Gasteiger partial charge in [0.15, 0.2) is 29.3 Å². The molecule has 1 unspecified atom stereocenters. The van der Waals surface area contributed by atoms with E-state index in [0.29, 0.717) is 90.0 Å². The van der Waals surface area contributed by atoms with Crippen molar-refractivity contribution in [1.29, 1.82) is 0 Å². The first-order valence-corrected chi connectivity index (χ1v) is 25.5. The molecule has 0 saturated heterocycles. The Hall–Kier alpha value is -6.52. The van der Waals surface area contributed by atoms with E-state index in [4.69, 9.17) is 24.7 Å². The van der Waals surface area contributed by atoms with Crippen LogP contribution in [0.1, 0.15) is 82.5 Å². The van der Waals surface area contributed by atoms with Crippen LogP contribution in [0.3, 0.4) is 0 Å². The van der Waals surface area contributed by atoms with Gasteiger partial charge in [0.2, 0.25) is 11.8 Å². The van der Waals surface area contributed by atoms with Gasteiger partial charge >= 0.3 is 0 Å². The second-order valence-corrected chi connectivity index (χ2v) is 21.3. The Kier molecular flexibility index (Phi) is 15.5. The van der Waals surface area contributed by atoms with E-state index in [-0.39, 0.29) is 47.8 Å². The molecule has 0 radical (unpaired) electrons. The number of carbonyl (C=O) groups excluding carboxylic acids is 4. The number of aldehydes is 1. The zero-order valence-electron chi connectivity index (χ0n) is 39.7. The SMILES string of the molecule is COc1cc(C=O)c(NCC2Cc3ccccc3N2C)cc1OCc1cc(COc2cc3c(cc2OC)C(=O)N2c4ccccc4C[C@H]2CN3)cc(NC(=O)CCCSSC(C)(C)CCC(N)=O)c1. The number of carbonyl (C=O) groups is 4. The highest BCUT2D eigenvalue weighted by atomic mass is 33.1. The lowest BCUT2D eigenvalue weighted by atomic mass is 10.1. The van der Waals surface area contributed by atoms with Crippen LogP contribution in [0.15, 0.2) is 91.0 Å². The summed E-state index contributed by atoms with van der Waals surface area (Å²) >= 11 is 0. The topological polar surface area (TPSA) is 174 Å². The van der Waals surface area contributed by atoms with E-state index in [1.54, 1.807) is 46.9 Å². The van der Waals surface area contributed by atoms with Gasteiger partial charge < -0.3 is 50.4 Å². The fourth-order valence-corrected chi connectivity index (χ4v) is 11.7. The minimum Gasteiger partial charge on any atom is -0.493 e. The van der Waals surface area contributed by atoms with Gasteiger partial charge in [-0.15, -0.1) is 0 Å². The number of para-hydroxylation sites is 2. The molecule has 0 bridgehead atoms. The van der Waals surface area contributed by atoms with Crippen LogP contribution in [0.5, 0.6) is 23.0 Å². The lowest BCUT2D eigenvalue weighted by Crippen LogP contribution is -2.39. The molecule has 16 heteroatoms. The summed E-state index contributed by atoms with van der Waals surface area (Å²) in [5.74, 6) is 1.92. The standard InChI is InChI=1S/C53H60N6O8S2/c1-53(2,17-16-50(54)61)69-68-18-10-15-51(62)57-38-20-33(31-66-48-26-42(37(30-60)24-46(48)64-4)55-28-39-22-35-11-6-8-13-44(35)58(39)3)19-34(21-38)32-67-49-27-43-41(25-47(49)65-5)52(63)59-40(29-56-43)23-36-12-7-9-14-45(36)59/h6-9,11-14,19-21,24-27,30,39-40,55-56H,10,15-18,22-23,28-29,31-32H2,1-5H3,(H2,54,61)(H,57,62)/t39?,40-/m0/s1. The van der Waals surface area contributed by atoms with E-state index in [1.165, 1.54) is 18.4 Å². The fourth-order valence-electron chi connectivity index (χ4n) is 9.07. The molecule has 3 amide bonds. The fraction of sp³-hybridized carbons (Fsp3) is 0.358. The van der Waals surface area contributed by atoms with Gasteiger partial charge in [-0.1, -0.05) is 58.0 Å². The minimum atomic E-state index is -0.309. The number of primary amides is 1. The van der Waals surface area contributed by atoms with Gasteiger partial charge in [0.25, 0.3) is 5.91 Å². The van der Waals surface area contributed by atoms with Crippen molar-refractivity contribution in [2.24, 2.45) is 5.73 Å². The number of fused-ring (bicyclic) bond motifs is 5. The summed E-state index contributed by atoms with van der Waals surface area (Å²) in [5, 5.41) is 10.1. The highest BCUT2D eigenvalue weighted by Gasteiger charge is 2.38. The number of nitrogens with one attached hydrogen (secondary N) is 3. The molecular weight excluding hydrogens is 913 g/mol. The van der Waals surface area contributed by atoms with E-state index >= 15 is 0 Å². The number of amides is 3. The maximum atomic E-state index is 14.1. The summed E-state index contributed by atoms with van der Waals surface area (Å²) in [5.41, 5.74) is 14.2. The molecule has 0 saturated carbocycles. The molecule has 3 aliphatic heterocycles. The van der Waals surface area contributed by atoms with Crippen LogP contribution >= 0.6 is 21.6 Å². The number of ether oxygens (including phenoxy) is 4. The Balaban J connectivity index is 0.987. The number of methoxy groups -OCH3 is 2. The molecule has 2 atom stereocenters. The van der Waals surface area contributed by atoms with E-state index in [1.807, 2.05) is 53.4 Å². The smallest absolute Gasteiger partial charge is 0.260 e. The molecule has 0 fully saturated rings. The molecule has 0 spiro atoms. The van der Waals surface area contributed by atoms with Gasteiger partial charge in [-0.25, -0.2) is 0 Å². The van der Waals surface area contributed by atoms with Crippen molar-refractivity contribution in [2.75, 3.05) is 65.9 Å². The molecule has 14 nitrogen and oxygen atoms in total. The normalized spacial score (nSPS) is 15.8. The van der Waals surface area contributed by atoms with Gasteiger partial charge in [-0.3, -0.25) is 19.2 Å². The quantitative estimate of drug-likeness (QED) is 0.0294. The maximum absolute atomic E-state index is 14.1. The average molecular weight is 973 g/mol. The van der Waals surface area contributed by atoms with Crippen LogP contribution in [0, 0.1) is 0 Å². The van der Waals surface area contributed by atoms with Gasteiger partial charge in [0, 0.05) is 83.9 Å². The molecule has 3 aliphatic rings. The van der Waals surface area contributed by atoms with E-state index in [0.717, 1.165) is 47.3 Å². The first-order valence-electron chi connectivity index (χ1n) is 23.2. The third kappa shape index (κ3) is 11.7. The van der Waals surface area contributed by atoms with Crippen LogP contribution in [-0.4, -0.2) is 80.9 Å². The van der Waals surface area contributed by atoms with Crippen LogP contribution in [0.2, 0.25) is 0 Å². The molecule has 3 heterocycles. The van der Waals surface area contributed by atoms with Gasteiger partial charge in [-0.05, 0) is 104 Å². The van der Waals surface area contributed by atoms with Gasteiger partial charge in [0.05, 0.1) is 37.6 Å². The molecular formula is C53H60N6O8S2. The number of anilines is 5. The predicted molar refractivity (Wildman–Crippen MR) is 277 cm³/mol. The van der Waals surface area contributed by atoms with Crippen molar-refractivity contribution < 1.29 is 38.1 Å². The van der Waals surface area contributed by atoms with Crippen LogP contribution in [-0.2, 0) is 35.6 Å². The Labute approximate surface area is 411 Å². The number of nitrogens with two attached hydrogens (primary N) is 1. The number of nitrogens with zero attached hydrogens (tertiary/aromatic N) is 2. The van der Waals surface area contributed by atoms with Crippen molar-refractivity contribution in [3.63, 3.8) is 0 Å². The van der Waals surface area contributed by atoms with Crippen LogP contribution in [0.4, 0.5) is 28.4 Å². The molecule has 5 aromatic carbocycles. The lowest BCUT2D eigenvalue weighted by molar-refractivity contribution is -0.118. The number of rotatable bonds is 22. The summed E-state index contributed by atoms with van der Waals surface area (Å²) in [6, 6.07) is 29.2. The first-order chi connectivity index (χ1) is 33.3. The average Bonchev–Trinajstić information content (AvgIpc) is 3.84. The van der Waals surface area contributed by atoms with Crippen molar-refractivity contribution in [2.45, 2.75) is 82.4 Å². The maximum Gasteiger partial charge on any atom is 0.260 e. The third-order valence-electron chi connectivity index (χ3n) is 12.7. The highest BCUT2D eigenvalue weighted by Crippen LogP contribution is 2.42. The van der Waals surface area contributed by atoms with Crippen molar-refractivity contribution in [1.82, 2.24) is 0 Å². The first kappa shape index (κ1) is 48.9. The summed E-state index contributed by atoms with van der Waals surface area (Å²) in [6.07, 6.45) is 4.43. The highest BCUT2D eigenvalue weighted by molar-refractivity contribution is 8.77. The second kappa shape index (κ2) is 21.8. The zero-order chi connectivity index (χ0) is 48.7. The Morgan fingerprint density at radius 2 is 1.52 bits per heavy atom. The lowest BCUT2D eigenvalue weighted by Gasteiger charge is -2.24. The Morgan fingerprint density at radius 3 is 2.20 bits per heavy atom. The summed E-state index contributed by atoms with van der Waals surface area (Å²) in [6.45, 7) is 5.55. The number of hydrogen-bond acceptors (Lipinski definition) is 13. The van der Waals surface area contributed by atoms with Crippen molar-refractivity contribution in [3.8, 4) is 23.0 Å². The molecule has 5 aromatic rings. The molecule has 362 valence electrons. The largest absolute Gasteiger partial charge is 0.493 e. The van der Waals surface area contributed by atoms with Gasteiger partial charge in [0.1, 0.15) is 13.2 Å². The molecule has 69 heavy (non-hydrogen) atoms. The monoisotopic (exact) mass is 972 g/mol. The second-order valence-electron chi connectivity index (χ2n) is 18.2. The Morgan fingerprint density at radius 1 is 0.855 bits per heavy atom. The number of benzene rings is 5. The van der Waals surface area contributed by atoms with Gasteiger partial charge in [-0.2, -0.15) is 0 Å². The Bertz CT molecular complexity index is 2720. The zero-order valence-corrected chi connectivity index (χ0v) is 41.4. The number of likely N-dealkylation sites (N-methyl/N-ethyl adjacent to an activating group) is 1. The van der Waals surface area contributed by atoms with Crippen molar-refractivity contribution in [3.05, 3.63) is 124 Å². The molecule has 8 rings (SSSR count). The summed E-state index contributed by atoms with van der Waals surface area (Å²) in [4.78, 5) is 55.3. The van der Waals surface area contributed by atoms with Crippen LogP contribution in [0.25, 0.3) is 0 Å². The van der Waals surface area contributed by atoms with Crippen molar-refractivity contribution >= 4 is 74.0 Å². The molecule has 5 N–H and O–H groups in total. The van der Waals surface area contributed by atoms with E-state index in [2.05, 4.69) is 66.0 Å². The third-order valence-corrected chi connectivity index (χ3v) is 16.2. The summed E-state index contributed by atoms with van der Waals surface area (Å²) < 4.78 is 24.3. The predicted octanol–water partition coefficient (Wildman–Crippen LogP) is 9.29. The summed E-state index contributed by atoms with van der Waals surface area (Å²) in [7, 11) is 8.55. The molecule has 0 aliphatic carbocycles.